The van der Waals surface area contributed by atoms with E-state index in [1.54, 1.807) is 0 Å². The van der Waals surface area contributed by atoms with Crippen molar-refractivity contribution in [2.24, 2.45) is 0 Å². The molecule has 7 heteroatoms. The Labute approximate surface area is 129 Å². The van der Waals surface area contributed by atoms with Gasteiger partial charge in [0.25, 0.3) is 0 Å². The smallest absolute Gasteiger partial charge is 0.245 e. The van der Waals surface area contributed by atoms with Crippen LogP contribution in [0.5, 0.6) is 0 Å². The maximum atomic E-state index is 11.4. The highest BCUT2D eigenvalue weighted by atomic mass is 32.2. The fourth-order valence-corrected chi connectivity index (χ4v) is 3.13. The van der Waals surface area contributed by atoms with Gasteiger partial charge in [0.1, 0.15) is 6.61 Å². The van der Waals surface area contributed by atoms with E-state index in [1.807, 2.05) is 24.4 Å². The van der Waals surface area contributed by atoms with Crippen molar-refractivity contribution >= 4 is 26.6 Å². The number of amides is 1. The molecule has 1 amide bonds. The zero-order valence-corrected chi connectivity index (χ0v) is 13.5. The van der Waals surface area contributed by atoms with Crippen LogP contribution in [-0.2, 0) is 31.5 Å². The summed E-state index contributed by atoms with van der Waals surface area (Å²) in [6.07, 6.45) is 3.77. The van der Waals surface area contributed by atoms with Crippen LogP contribution in [0.15, 0.2) is 24.4 Å². The van der Waals surface area contributed by atoms with E-state index >= 15 is 0 Å². The molecule has 2 N–H and O–H groups in total. The predicted molar refractivity (Wildman–Crippen MR) is 85.4 cm³/mol. The summed E-state index contributed by atoms with van der Waals surface area (Å²) in [7, 11) is -1.58. The summed E-state index contributed by atoms with van der Waals surface area (Å²) in [6.45, 7) is 0.553. The fraction of sp³-hybridized carbons (Fsp3) is 0.400. The number of benzene rings is 1. The van der Waals surface area contributed by atoms with Gasteiger partial charge in [-0.2, -0.15) is 0 Å². The SMILES string of the molecule is COCC(=O)NCCc1c[nH]c2ccc(CS(C)(=O)=O)cc12. The number of nitrogens with one attached hydrogen (secondary N) is 2. The molecule has 2 aromatic rings. The molecular weight excluding hydrogens is 304 g/mol. The number of aromatic nitrogens is 1. The van der Waals surface area contributed by atoms with Crippen LogP contribution in [0.1, 0.15) is 11.1 Å². The zero-order valence-electron chi connectivity index (χ0n) is 12.7. The summed E-state index contributed by atoms with van der Waals surface area (Å²) in [4.78, 5) is 14.5. The Morgan fingerprint density at radius 3 is 2.82 bits per heavy atom. The van der Waals surface area contributed by atoms with Gasteiger partial charge in [0.05, 0.1) is 5.75 Å². The number of rotatable bonds is 7. The van der Waals surface area contributed by atoms with E-state index in [4.69, 9.17) is 4.74 Å². The molecule has 0 spiro atoms. The molecule has 2 rings (SSSR count). The highest BCUT2D eigenvalue weighted by Gasteiger charge is 2.09. The molecule has 22 heavy (non-hydrogen) atoms. The van der Waals surface area contributed by atoms with Crippen molar-refractivity contribution in [3.8, 4) is 0 Å². The fourth-order valence-electron chi connectivity index (χ4n) is 2.34. The Hall–Kier alpha value is -1.86. The maximum absolute atomic E-state index is 11.4. The first kappa shape index (κ1) is 16.5. The average molecular weight is 324 g/mol. The first-order chi connectivity index (χ1) is 10.4. The number of aromatic amines is 1. The molecule has 0 atom stereocenters. The molecule has 1 aromatic heterocycles. The molecule has 0 saturated heterocycles. The largest absolute Gasteiger partial charge is 0.375 e. The number of ether oxygens (including phenoxy) is 1. The van der Waals surface area contributed by atoms with Crippen LogP contribution < -0.4 is 5.32 Å². The lowest BCUT2D eigenvalue weighted by Crippen LogP contribution is -2.28. The molecule has 0 unspecified atom stereocenters. The number of fused-ring (bicyclic) bond motifs is 1. The molecule has 0 fully saturated rings. The lowest BCUT2D eigenvalue weighted by atomic mass is 10.1. The van der Waals surface area contributed by atoms with Crippen LogP contribution in [0.25, 0.3) is 10.9 Å². The van der Waals surface area contributed by atoms with Crippen LogP contribution in [0.2, 0.25) is 0 Å². The monoisotopic (exact) mass is 324 g/mol. The first-order valence-electron chi connectivity index (χ1n) is 6.91. The second-order valence-electron chi connectivity index (χ2n) is 5.30. The summed E-state index contributed by atoms with van der Waals surface area (Å²) < 4.78 is 27.6. The van der Waals surface area contributed by atoms with Gasteiger partial charge in [-0.15, -0.1) is 0 Å². The summed E-state index contributed by atoms with van der Waals surface area (Å²) in [5, 5.41) is 3.75. The second kappa shape index (κ2) is 6.93. The highest BCUT2D eigenvalue weighted by Crippen LogP contribution is 2.21. The van der Waals surface area contributed by atoms with E-state index in [0.29, 0.717) is 13.0 Å². The van der Waals surface area contributed by atoms with Gasteiger partial charge in [-0.05, 0) is 29.7 Å². The second-order valence-corrected chi connectivity index (χ2v) is 7.44. The maximum Gasteiger partial charge on any atom is 0.245 e. The Morgan fingerprint density at radius 2 is 2.14 bits per heavy atom. The minimum absolute atomic E-state index is 0.0259. The third-order valence-corrected chi connectivity index (χ3v) is 4.11. The Bertz CT molecular complexity index is 765. The molecule has 0 bridgehead atoms. The van der Waals surface area contributed by atoms with Crippen LogP contribution in [0, 0.1) is 0 Å². The number of methoxy groups -OCH3 is 1. The van der Waals surface area contributed by atoms with E-state index in [0.717, 1.165) is 22.0 Å². The van der Waals surface area contributed by atoms with Gasteiger partial charge in [0.15, 0.2) is 9.84 Å². The predicted octanol–water partition coefficient (Wildman–Crippen LogP) is 1.02. The van der Waals surface area contributed by atoms with Crippen molar-refractivity contribution in [3.05, 3.63) is 35.5 Å². The molecule has 120 valence electrons. The van der Waals surface area contributed by atoms with Crippen LogP contribution in [-0.4, -0.2) is 45.8 Å². The van der Waals surface area contributed by atoms with E-state index in [1.165, 1.54) is 13.4 Å². The Balaban J connectivity index is 2.10. The molecule has 1 heterocycles. The topological polar surface area (TPSA) is 88.3 Å². The van der Waals surface area contributed by atoms with E-state index in [-0.39, 0.29) is 18.3 Å². The average Bonchev–Trinajstić information content (AvgIpc) is 2.80. The van der Waals surface area contributed by atoms with Crippen molar-refractivity contribution in [1.29, 1.82) is 0 Å². The molecule has 0 aliphatic heterocycles. The van der Waals surface area contributed by atoms with Crippen molar-refractivity contribution in [2.45, 2.75) is 12.2 Å². The van der Waals surface area contributed by atoms with Gasteiger partial charge in [-0.1, -0.05) is 6.07 Å². The zero-order chi connectivity index (χ0) is 16.2. The quantitative estimate of drug-likeness (QED) is 0.796. The summed E-state index contributed by atoms with van der Waals surface area (Å²) >= 11 is 0. The first-order valence-corrected chi connectivity index (χ1v) is 8.97. The lowest BCUT2D eigenvalue weighted by Gasteiger charge is -2.05. The van der Waals surface area contributed by atoms with Gasteiger partial charge in [-0.3, -0.25) is 4.79 Å². The molecule has 0 aliphatic carbocycles. The summed E-state index contributed by atoms with van der Waals surface area (Å²) in [5.41, 5.74) is 2.76. The third-order valence-electron chi connectivity index (χ3n) is 3.25. The summed E-state index contributed by atoms with van der Waals surface area (Å²) in [6, 6.07) is 5.58. The molecular formula is C15H20N2O4S. The summed E-state index contributed by atoms with van der Waals surface area (Å²) in [5.74, 6) is -0.127. The van der Waals surface area contributed by atoms with E-state index in [9.17, 15) is 13.2 Å². The number of carbonyl (C=O) groups excluding carboxylic acids is 1. The number of carbonyl (C=O) groups is 1. The molecule has 0 radical (unpaired) electrons. The Morgan fingerprint density at radius 1 is 1.36 bits per heavy atom. The third kappa shape index (κ3) is 4.57. The number of hydrogen-bond donors (Lipinski definition) is 2. The molecule has 6 nitrogen and oxygen atoms in total. The van der Waals surface area contributed by atoms with Crippen molar-refractivity contribution < 1.29 is 17.9 Å². The van der Waals surface area contributed by atoms with Gasteiger partial charge in [0, 0.05) is 37.0 Å². The minimum atomic E-state index is -3.06. The van der Waals surface area contributed by atoms with Crippen molar-refractivity contribution in [2.75, 3.05) is 26.5 Å². The van der Waals surface area contributed by atoms with Crippen molar-refractivity contribution in [3.63, 3.8) is 0 Å². The normalized spacial score (nSPS) is 11.7. The van der Waals surface area contributed by atoms with Crippen LogP contribution in [0.4, 0.5) is 0 Å². The van der Waals surface area contributed by atoms with Gasteiger partial charge < -0.3 is 15.0 Å². The number of H-pyrrole nitrogens is 1. The molecule has 0 saturated carbocycles. The highest BCUT2D eigenvalue weighted by molar-refractivity contribution is 7.89. The Kier molecular flexibility index (Phi) is 5.20. The molecule has 0 aliphatic rings. The van der Waals surface area contributed by atoms with Crippen LogP contribution in [0.3, 0.4) is 0 Å². The van der Waals surface area contributed by atoms with Gasteiger partial charge in [0.2, 0.25) is 5.91 Å². The van der Waals surface area contributed by atoms with Gasteiger partial charge >= 0.3 is 0 Å². The minimum Gasteiger partial charge on any atom is -0.375 e. The molecule has 1 aromatic carbocycles. The van der Waals surface area contributed by atoms with Crippen molar-refractivity contribution in [1.82, 2.24) is 10.3 Å². The lowest BCUT2D eigenvalue weighted by molar-refractivity contribution is -0.124. The number of sulfone groups is 1. The van der Waals surface area contributed by atoms with E-state index < -0.39 is 9.84 Å². The van der Waals surface area contributed by atoms with Gasteiger partial charge in [-0.25, -0.2) is 8.42 Å². The standard InChI is InChI=1S/C15H20N2O4S/c1-21-9-15(18)16-6-5-12-8-17-14-4-3-11(7-13(12)14)10-22(2,19)20/h3-4,7-8,17H,5-6,9-10H2,1-2H3,(H,16,18). The van der Waals surface area contributed by atoms with E-state index in [2.05, 4.69) is 10.3 Å². The van der Waals surface area contributed by atoms with Crippen LogP contribution >= 0.6 is 0 Å². The number of hydrogen-bond acceptors (Lipinski definition) is 4.